The second-order valence-corrected chi connectivity index (χ2v) is 7.57. The lowest BCUT2D eigenvalue weighted by Crippen LogP contribution is -2.04. The van der Waals surface area contributed by atoms with Crippen LogP contribution in [-0.2, 0) is 9.47 Å². The average Bonchev–Trinajstić information content (AvgIpc) is 3.55. The molecule has 2 saturated heterocycles. The standard InChI is InChI=1S/C9H8BrFO2.C6H4BrFO.C3H5ClO/c10-8-2-1-6(3-9(8)11)12-4-7-5-13-7;7-5-2-1-4(9)3-6(5)8;4-1-3-2-5-3/h1-3,7H,4-5H2;1-3,9H;3H,1-2H2. The zero-order valence-corrected chi connectivity index (χ0v) is 17.9. The summed E-state index contributed by atoms with van der Waals surface area (Å²) in [5.41, 5.74) is 0. The van der Waals surface area contributed by atoms with Gasteiger partial charge in [-0.3, -0.25) is 0 Å². The second kappa shape index (κ2) is 11.2. The third-order valence-electron chi connectivity index (χ3n) is 3.21. The van der Waals surface area contributed by atoms with Crippen molar-refractivity contribution < 1.29 is 28.1 Å². The van der Waals surface area contributed by atoms with Gasteiger partial charge in [0.05, 0.1) is 34.1 Å². The van der Waals surface area contributed by atoms with Crippen molar-refractivity contribution in [3.05, 3.63) is 57.0 Å². The van der Waals surface area contributed by atoms with Crippen LogP contribution in [0.4, 0.5) is 8.78 Å². The number of benzene rings is 2. The van der Waals surface area contributed by atoms with Gasteiger partial charge in [-0.15, -0.1) is 11.6 Å². The van der Waals surface area contributed by atoms with E-state index in [1.165, 1.54) is 18.2 Å². The van der Waals surface area contributed by atoms with E-state index in [4.69, 9.17) is 30.9 Å². The van der Waals surface area contributed by atoms with Crippen molar-refractivity contribution in [2.45, 2.75) is 12.2 Å². The van der Waals surface area contributed by atoms with Gasteiger partial charge in [-0.2, -0.15) is 0 Å². The minimum absolute atomic E-state index is 0.0595. The molecule has 2 fully saturated rings. The van der Waals surface area contributed by atoms with E-state index in [2.05, 4.69) is 31.9 Å². The van der Waals surface area contributed by atoms with Crippen molar-refractivity contribution in [1.29, 1.82) is 0 Å². The fraction of sp³-hybridized carbons (Fsp3) is 0.333. The van der Waals surface area contributed by atoms with E-state index in [0.29, 0.717) is 33.3 Å². The molecule has 148 valence electrons. The van der Waals surface area contributed by atoms with Crippen LogP contribution in [0.25, 0.3) is 0 Å². The maximum atomic E-state index is 13.0. The first-order chi connectivity index (χ1) is 12.9. The van der Waals surface area contributed by atoms with Gasteiger partial charge in [0, 0.05) is 12.1 Å². The van der Waals surface area contributed by atoms with Crippen LogP contribution < -0.4 is 4.74 Å². The Bertz CT molecular complexity index is 743. The molecule has 2 aromatic rings. The molecule has 0 aliphatic carbocycles. The number of hydrogen-bond donors (Lipinski definition) is 1. The summed E-state index contributed by atoms with van der Waals surface area (Å²) in [7, 11) is 0. The van der Waals surface area contributed by atoms with Crippen LogP contribution in [0.3, 0.4) is 0 Å². The summed E-state index contributed by atoms with van der Waals surface area (Å²) in [4.78, 5) is 0. The van der Waals surface area contributed by atoms with Gasteiger partial charge >= 0.3 is 0 Å². The highest BCUT2D eigenvalue weighted by molar-refractivity contribution is 9.10. The Hall–Kier alpha value is -0.930. The maximum absolute atomic E-state index is 13.0. The monoisotopic (exact) mass is 528 g/mol. The first kappa shape index (κ1) is 22.4. The lowest BCUT2D eigenvalue weighted by molar-refractivity contribution is 0.262. The molecule has 0 saturated carbocycles. The number of epoxide rings is 2. The Balaban J connectivity index is 0.000000161. The van der Waals surface area contributed by atoms with Gasteiger partial charge in [-0.25, -0.2) is 8.78 Å². The van der Waals surface area contributed by atoms with Crippen LogP contribution in [0.5, 0.6) is 11.5 Å². The molecule has 0 aromatic heterocycles. The number of phenols is 1. The summed E-state index contributed by atoms with van der Waals surface area (Å²) in [5.74, 6) is 0.385. The highest BCUT2D eigenvalue weighted by atomic mass is 79.9. The van der Waals surface area contributed by atoms with Gasteiger partial charge < -0.3 is 19.3 Å². The number of halogens is 5. The molecule has 4 nitrogen and oxygen atoms in total. The highest BCUT2D eigenvalue weighted by Gasteiger charge is 2.23. The minimum Gasteiger partial charge on any atom is -0.508 e. The second-order valence-electron chi connectivity index (χ2n) is 5.55. The molecule has 0 amide bonds. The van der Waals surface area contributed by atoms with Crippen LogP contribution in [0.1, 0.15) is 0 Å². The van der Waals surface area contributed by atoms with Crippen LogP contribution in [0.15, 0.2) is 45.3 Å². The van der Waals surface area contributed by atoms with Crippen molar-refractivity contribution in [3.8, 4) is 11.5 Å². The lowest BCUT2D eigenvalue weighted by atomic mass is 10.3. The third kappa shape index (κ3) is 9.21. The molecule has 2 aliphatic rings. The number of ether oxygens (including phenoxy) is 3. The molecule has 2 unspecified atom stereocenters. The van der Waals surface area contributed by atoms with Crippen molar-refractivity contribution >= 4 is 43.5 Å². The van der Waals surface area contributed by atoms with Crippen molar-refractivity contribution in [2.24, 2.45) is 0 Å². The zero-order chi connectivity index (χ0) is 19.8. The van der Waals surface area contributed by atoms with Gasteiger partial charge in [-0.05, 0) is 56.1 Å². The SMILES string of the molecule is ClCC1CO1.Fc1cc(OCC2CO2)ccc1Br.Oc1ccc(Br)c(F)c1. The number of hydrogen-bond acceptors (Lipinski definition) is 4. The normalized spacial score (nSPS) is 19.1. The van der Waals surface area contributed by atoms with Crippen molar-refractivity contribution in [2.75, 3.05) is 25.7 Å². The largest absolute Gasteiger partial charge is 0.508 e. The Morgan fingerprint density at radius 1 is 1.00 bits per heavy atom. The first-order valence-electron chi connectivity index (χ1n) is 7.90. The molecule has 2 aliphatic heterocycles. The Morgan fingerprint density at radius 3 is 1.96 bits per heavy atom. The molecule has 4 rings (SSSR count). The van der Waals surface area contributed by atoms with E-state index in [0.717, 1.165) is 19.3 Å². The van der Waals surface area contributed by atoms with Crippen LogP contribution in [0.2, 0.25) is 0 Å². The van der Waals surface area contributed by atoms with E-state index in [1.54, 1.807) is 12.1 Å². The molecule has 2 heterocycles. The van der Waals surface area contributed by atoms with E-state index in [-0.39, 0.29) is 17.7 Å². The molecule has 9 heteroatoms. The molecular formula is C18H17Br2ClF2O4. The van der Waals surface area contributed by atoms with E-state index >= 15 is 0 Å². The highest BCUT2D eigenvalue weighted by Crippen LogP contribution is 2.22. The Kier molecular flexibility index (Phi) is 9.25. The molecule has 1 N–H and O–H groups in total. The summed E-state index contributed by atoms with van der Waals surface area (Å²) in [6.45, 7) is 2.13. The fourth-order valence-corrected chi connectivity index (χ4v) is 2.23. The van der Waals surface area contributed by atoms with Gasteiger partial charge in [0.2, 0.25) is 0 Å². The lowest BCUT2D eigenvalue weighted by Gasteiger charge is -2.04. The number of aromatic hydroxyl groups is 1. The molecule has 0 bridgehead atoms. The molecule has 2 atom stereocenters. The first-order valence-corrected chi connectivity index (χ1v) is 10.0. The van der Waals surface area contributed by atoms with Gasteiger partial charge in [0.1, 0.15) is 35.8 Å². The predicted molar refractivity (Wildman–Crippen MR) is 106 cm³/mol. The Morgan fingerprint density at radius 2 is 1.56 bits per heavy atom. The van der Waals surface area contributed by atoms with Crippen LogP contribution in [0, 0.1) is 11.6 Å². The summed E-state index contributed by atoms with van der Waals surface area (Å²) in [6.07, 6.45) is 0.600. The maximum Gasteiger partial charge on any atom is 0.141 e. The predicted octanol–water partition coefficient (Wildman–Crippen LogP) is 5.28. The van der Waals surface area contributed by atoms with Crippen molar-refractivity contribution in [3.63, 3.8) is 0 Å². The summed E-state index contributed by atoms with van der Waals surface area (Å²) in [6, 6.07) is 8.60. The third-order valence-corrected chi connectivity index (χ3v) is 4.84. The van der Waals surface area contributed by atoms with E-state index in [1.807, 2.05) is 0 Å². The fourth-order valence-electron chi connectivity index (χ4n) is 1.56. The summed E-state index contributed by atoms with van der Waals surface area (Å²) < 4.78 is 41.1. The molecule has 2 aromatic carbocycles. The molecular weight excluding hydrogens is 513 g/mol. The topological polar surface area (TPSA) is 54.5 Å². The average molecular weight is 531 g/mol. The number of alkyl halides is 1. The zero-order valence-electron chi connectivity index (χ0n) is 14.0. The number of rotatable bonds is 4. The minimum atomic E-state index is -0.449. The molecule has 0 radical (unpaired) electrons. The van der Waals surface area contributed by atoms with Gasteiger partial charge in [0.25, 0.3) is 0 Å². The summed E-state index contributed by atoms with van der Waals surface area (Å²) >= 11 is 11.3. The van der Waals surface area contributed by atoms with Gasteiger partial charge in [0.15, 0.2) is 0 Å². The van der Waals surface area contributed by atoms with E-state index in [9.17, 15) is 8.78 Å². The molecule has 0 spiro atoms. The van der Waals surface area contributed by atoms with E-state index < -0.39 is 5.82 Å². The smallest absolute Gasteiger partial charge is 0.141 e. The summed E-state index contributed by atoms with van der Waals surface area (Å²) in [5, 5.41) is 8.68. The molecule has 27 heavy (non-hydrogen) atoms. The Labute approximate surface area is 177 Å². The van der Waals surface area contributed by atoms with Crippen LogP contribution in [-0.4, -0.2) is 43.0 Å². The quantitative estimate of drug-likeness (QED) is 0.432. The number of phenolic OH excluding ortho intramolecular Hbond substituents is 1. The van der Waals surface area contributed by atoms with Gasteiger partial charge in [-0.1, -0.05) is 0 Å². The van der Waals surface area contributed by atoms with Crippen molar-refractivity contribution in [1.82, 2.24) is 0 Å². The van der Waals surface area contributed by atoms with Crippen LogP contribution >= 0.6 is 43.5 Å².